The largest absolute Gasteiger partial charge is 0.497 e. The zero-order chi connectivity index (χ0) is 21.0. The van der Waals surface area contributed by atoms with E-state index in [0.717, 1.165) is 0 Å². The number of sulfonamides is 1. The normalized spacial score (nSPS) is 11.0. The molecule has 150 valence electrons. The molecule has 0 saturated heterocycles. The fourth-order valence-corrected chi connectivity index (χ4v) is 3.92. The zero-order valence-corrected chi connectivity index (χ0v) is 17.4. The van der Waals surface area contributed by atoms with E-state index >= 15 is 0 Å². The molecule has 6 nitrogen and oxygen atoms in total. The number of halogens is 1. The van der Waals surface area contributed by atoms with Crippen LogP contribution in [0, 0.1) is 0 Å². The Labute approximate surface area is 174 Å². The second-order valence-electron chi connectivity index (χ2n) is 6.18. The lowest BCUT2D eigenvalue weighted by atomic mass is 10.1. The average molecular weight is 431 g/mol. The molecule has 0 aliphatic rings. The van der Waals surface area contributed by atoms with Crippen LogP contribution in [0.15, 0.2) is 77.7 Å². The summed E-state index contributed by atoms with van der Waals surface area (Å²) in [4.78, 5) is 14.4. The number of benzene rings is 3. The van der Waals surface area contributed by atoms with E-state index in [1.807, 2.05) is 18.2 Å². The summed E-state index contributed by atoms with van der Waals surface area (Å²) in [6, 6.07) is 19.5. The van der Waals surface area contributed by atoms with E-state index in [0.29, 0.717) is 11.4 Å². The number of methoxy groups -OCH3 is 1. The highest BCUT2D eigenvalue weighted by Crippen LogP contribution is 2.26. The summed E-state index contributed by atoms with van der Waals surface area (Å²) in [6.45, 7) is 0. The van der Waals surface area contributed by atoms with E-state index in [4.69, 9.17) is 16.3 Å². The number of carbonyl (C=O) groups is 1. The third-order valence-electron chi connectivity index (χ3n) is 4.27. The molecule has 0 aliphatic heterocycles. The van der Waals surface area contributed by atoms with Crippen LogP contribution >= 0.6 is 11.6 Å². The molecule has 0 heterocycles. The number of carbonyl (C=O) groups excluding carboxylic acids is 1. The number of amides is 1. The molecule has 0 spiro atoms. The smallest absolute Gasteiger partial charge is 0.261 e. The van der Waals surface area contributed by atoms with Crippen LogP contribution in [0.4, 0.5) is 11.4 Å². The predicted octanol–water partition coefficient (Wildman–Crippen LogP) is 4.43. The molecule has 0 aliphatic carbocycles. The van der Waals surface area contributed by atoms with Gasteiger partial charge in [-0.05, 0) is 54.6 Å². The van der Waals surface area contributed by atoms with Gasteiger partial charge in [0, 0.05) is 18.4 Å². The van der Waals surface area contributed by atoms with Crippen molar-refractivity contribution in [3.8, 4) is 5.75 Å². The average Bonchev–Trinajstić information content (AvgIpc) is 2.74. The van der Waals surface area contributed by atoms with Crippen LogP contribution in [-0.4, -0.2) is 28.5 Å². The van der Waals surface area contributed by atoms with Gasteiger partial charge < -0.3 is 9.64 Å². The third-order valence-corrected chi connectivity index (χ3v) is 5.99. The lowest BCUT2D eigenvalue weighted by Gasteiger charge is -2.18. The molecular formula is C21H19ClN2O4S. The number of anilines is 2. The fourth-order valence-electron chi connectivity index (χ4n) is 2.67. The van der Waals surface area contributed by atoms with E-state index in [9.17, 15) is 13.2 Å². The summed E-state index contributed by atoms with van der Waals surface area (Å²) < 4.78 is 32.8. The quantitative estimate of drug-likeness (QED) is 0.627. The van der Waals surface area contributed by atoms with E-state index in [1.165, 1.54) is 42.3 Å². The highest BCUT2D eigenvalue weighted by Gasteiger charge is 2.19. The van der Waals surface area contributed by atoms with Crippen LogP contribution < -0.4 is 14.4 Å². The van der Waals surface area contributed by atoms with Crippen molar-refractivity contribution in [2.75, 3.05) is 23.8 Å². The molecule has 3 rings (SSSR count). The second kappa shape index (κ2) is 8.55. The van der Waals surface area contributed by atoms with Gasteiger partial charge in [-0.25, -0.2) is 8.42 Å². The highest BCUT2D eigenvalue weighted by molar-refractivity contribution is 7.92. The van der Waals surface area contributed by atoms with Crippen molar-refractivity contribution in [1.29, 1.82) is 0 Å². The maximum absolute atomic E-state index is 12.9. The van der Waals surface area contributed by atoms with E-state index in [1.54, 1.807) is 31.3 Å². The molecule has 8 heteroatoms. The molecule has 0 saturated carbocycles. The molecule has 29 heavy (non-hydrogen) atoms. The van der Waals surface area contributed by atoms with Crippen molar-refractivity contribution in [1.82, 2.24) is 0 Å². The van der Waals surface area contributed by atoms with Gasteiger partial charge >= 0.3 is 0 Å². The highest BCUT2D eigenvalue weighted by atomic mass is 35.5. The number of hydrogen-bond donors (Lipinski definition) is 1. The molecule has 3 aromatic rings. The minimum atomic E-state index is -3.84. The van der Waals surface area contributed by atoms with Gasteiger partial charge in [0.1, 0.15) is 5.75 Å². The lowest BCUT2D eigenvalue weighted by Crippen LogP contribution is -2.26. The summed E-state index contributed by atoms with van der Waals surface area (Å²) in [5.41, 5.74) is 1.11. The Morgan fingerprint density at radius 3 is 2.28 bits per heavy atom. The van der Waals surface area contributed by atoms with Crippen LogP contribution in [0.25, 0.3) is 0 Å². The number of para-hydroxylation sites is 1. The molecule has 0 unspecified atom stereocenters. The molecule has 0 atom stereocenters. The number of rotatable bonds is 6. The fraction of sp³-hybridized carbons (Fsp3) is 0.0952. The second-order valence-corrected chi connectivity index (χ2v) is 8.26. The number of ether oxygens (including phenoxy) is 1. The van der Waals surface area contributed by atoms with Gasteiger partial charge in [-0.15, -0.1) is 0 Å². The summed E-state index contributed by atoms with van der Waals surface area (Å²) >= 11 is 6.21. The zero-order valence-electron chi connectivity index (χ0n) is 15.8. The Hall–Kier alpha value is -3.03. The van der Waals surface area contributed by atoms with Gasteiger partial charge in [0.2, 0.25) is 0 Å². The van der Waals surface area contributed by atoms with Crippen LogP contribution in [-0.2, 0) is 10.0 Å². The monoisotopic (exact) mass is 430 g/mol. The van der Waals surface area contributed by atoms with Gasteiger partial charge in [-0.3, -0.25) is 9.52 Å². The van der Waals surface area contributed by atoms with Crippen molar-refractivity contribution in [3.05, 3.63) is 83.4 Å². The van der Waals surface area contributed by atoms with E-state index in [-0.39, 0.29) is 27.1 Å². The first-order chi connectivity index (χ1) is 13.8. The van der Waals surface area contributed by atoms with E-state index in [2.05, 4.69) is 4.72 Å². The Morgan fingerprint density at radius 2 is 1.66 bits per heavy atom. The minimum absolute atomic E-state index is 0.0718. The van der Waals surface area contributed by atoms with E-state index < -0.39 is 10.0 Å². The molecule has 3 aromatic carbocycles. The molecule has 0 radical (unpaired) electrons. The number of nitrogens with one attached hydrogen (secondary N) is 1. The molecule has 0 bridgehead atoms. The van der Waals surface area contributed by atoms with Crippen LogP contribution in [0.1, 0.15) is 10.4 Å². The Kier molecular flexibility index (Phi) is 6.10. The lowest BCUT2D eigenvalue weighted by molar-refractivity contribution is 0.0993. The maximum Gasteiger partial charge on any atom is 0.261 e. The Morgan fingerprint density at radius 1 is 1.00 bits per heavy atom. The molecule has 0 fully saturated rings. The van der Waals surface area contributed by atoms with Gasteiger partial charge in [0.05, 0.1) is 22.6 Å². The van der Waals surface area contributed by atoms with Crippen molar-refractivity contribution >= 4 is 38.9 Å². The summed E-state index contributed by atoms with van der Waals surface area (Å²) in [6.07, 6.45) is 0. The first kappa shape index (κ1) is 20.7. The number of hydrogen-bond acceptors (Lipinski definition) is 4. The summed E-state index contributed by atoms with van der Waals surface area (Å²) in [7, 11) is -0.712. The van der Waals surface area contributed by atoms with Gasteiger partial charge in [0.15, 0.2) is 0 Å². The Bertz CT molecular complexity index is 1120. The first-order valence-electron chi connectivity index (χ1n) is 8.61. The van der Waals surface area contributed by atoms with Crippen LogP contribution in [0.2, 0.25) is 5.02 Å². The summed E-state index contributed by atoms with van der Waals surface area (Å²) in [5, 5.41) is 0.227. The van der Waals surface area contributed by atoms with Gasteiger partial charge in [-0.1, -0.05) is 29.8 Å². The topological polar surface area (TPSA) is 75.7 Å². The Balaban J connectivity index is 1.87. The molecule has 0 aromatic heterocycles. The molecule has 1 amide bonds. The van der Waals surface area contributed by atoms with Crippen molar-refractivity contribution < 1.29 is 17.9 Å². The molecule has 1 N–H and O–H groups in total. The number of nitrogens with zero attached hydrogens (tertiary/aromatic N) is 1. The van der Waals surface area contributed by atoms with Crippen LogP contribution in [0.5, 0.6) is 5.75 Å². The van der Waals surface area contributed by atoms with Gasteiger partial charge in [0.25, 0.3) is 15.9 Å². The minimum Gasteiger partial charge on any atom is -0.497 e. The molecular weight excluding hydrogens is 412 g/mol. The standard InChI is InChI=1S/C21H19ClN2O4S/c1-24(16-6-4-3-5-7-16)21(25)19-14-15(8-13-20(19)22)23-29(26,27)18-11-9-17(28-2)10-12-18/h3-14,23H,1-2H3. The van der Waals surface area contributed by atoms with Crippen molar-refractivity contribution in [2.24, 2.45) is 0 Å². The SMILES string of the molecule is COc1ccc(S(=O)(=O)Nc2ccc(Cl)c(C(=O)N(C)c3ccccc3)c2)cc1. The summed E-state index contributed by atoms with van der Waals surface area (Å²) in [5.74, 6) is 0.193. The van der Waals surface area contributed by atoms with Crippen LogP contribution in [0.3, 0.4) is 0 Å². The third kappa shape index (κ3) is 4.70. The maximum atomic E-state index is 12.9. The van der Waals surface area contributed by atoms with Gasteiger partial charge in [-0.2, -0.15) is 0 Å². The van der Waals surface area contributed by atoms with Crippen molar-refractivity contribution in [3.63, 3.8) is 0 Å². The predicted molar refractivity (Wildman–Crippen MR) is 114 cm³/mol. The van der Waals surface area contributed by atoms with Crippen molar-refractivity contribution in [2.45, 2.75) is 4.90 Å². The first-order valence-corrected chi connectivity index (χ1v) is 10.5.